The molecule has 0 saturated heterocycles. The lowest BCUT2D eigenvalue weighted by Crippen LogP contribution is -1.89. The first kappa shape index (κ1) is 11.4. The first-order chi connectivity index (χ1) is 5.35. The zero-order valence-electron chi connectivity index (χ0n) is 8.27. The summed E-state index contributed by atoms with van der Waals surface area (Å²) in [6.07, 6.45) is 11.0. The van der Waals surface area contributed by atoms with E-state index in [2.05, 4.69) is 26.9 Å². The zero-order valence-corrected chi connectivity index (χ0v) is 9.16. The van der Waals surface area contributed by atoms with Crippen LogP contribution in [0, 0.1) is 6.16 Å². The van der Waals surface area contributed by atoms with E-state index < -0.39 is 0 Å². The van der Waals surface area contributed by atoms with Crippen LogP contribution in [0.15, 0.2) is 0 Å². The number of hydrogen-bond acceptors (Lipinski definition) is 0. The van der Waals surface area contributed by atoms with Crippen molar-refractivity contribution in [2.24, 2.45) is 0 Å². The molecule has 0 fully saturated rings. The average molecular weight is 173 g/mol. The van der Waals surface area contributed by atoms with Gasteiger partial charge in [-0.25, -0.2) is 0 Å². The summed E-state index contributed by atoms with van der Waals surface area (Å²) >= 11 is 0. The van der Waals surface area contributed by atoms with Crippen molar-refractivity contribution in [3.8, 4) is 0 Å². The van der Waals surface area contributed by atoms with E-state index in [0.717, 1.165) is 0 Å². The van der Waals surface area contributed by atoms with E-state index in [-0.39, 0.29) is 0 Å². The van der Waals surface area contributed by atoms with Crippen LogP contribution in [-0.4, -0.2) is 12.3 Å². The molecule has 0 heterocycles. The highest BCUT2D eigenvalue weighted by atomic mass is 31.1. The Hall–Kier alpha value is 0.430. The van der Waals surface area contributed by atoms with Gasteiger partial charge in [0.05, 0.1) is 0 Å². The monoisotopic (exact) mass is 173 g/mol. The van der Waals surface area contributed by atoms with Crippen LogP contribution in [0.4, 0.5) is 0 Å². The van der Waals surface area contributed by atoms with Gasteiger partial charge in [-0.3, -0.25) is 0 Å². The van der Waals surface area contributed by atoms with E-state index in [1.165, 1.54) is 38.0 Å². The van der Waals surface area contributed by atoms with E-state index in [0.29, 0.717) is 7.92 Å². The molecule has 0 nitrogen and oxygen atoms in total. The van der Waals surface area contributed by atoms with E-state index in [4.69, 9.17) is 0 Å². The topological polar surface area (TPSA) is 0 Å². The third-order valence-electron chi connectivity index (χ3n) is 1.96. The van der Waals surface area contributed by atoms with E-state index in [1.807, 2.05) is 0 Å². The van der Waals surface area contributed by atoms with Gasteiger partial charge in [0.25, 0.3) is 0 Å². The molecule has 0 amide bonds. The molecule has 0 aromatic carbocycles. The summed E-state index contributed by atoms with van der Waals surface area (Å²) in [7, 11) is 0.305. The van der Waals surface area contributed by atoms with Crippen molar-refractivity contribution in [2.75, 3.05) is 12.3 Å². The van der Waals surface area contributed by atoms with Crippen molar-refractivity contribution in [1.29, 1.82) is 0 Å². The Morgan fingerprint density at radius 3 is 1.73 bits per heavy atom. The molecule has 1 radical (unpaired) electrons. The molecular formula is C10H22P. The summed E-state index contributed by atoms with van der Waals surface area (Å²) in [6.45, 7) is 6.79. The maximum Gasteiger partial charge on any atom is -0.0173 e. The van der Waals surface area contributed by atoms with Crippen LogP contribution in [0.3, 0.4) is 0 Å². The quantitative estimate of drug-likeness (QED) is 0.505. The Bertz CT molecular complexity index is 63.3. The van der Waals surface area contributed by atoms with Crippen molar-refractivity contribution >= 4 is 7.92 Å². The second-order valence-electron chi connectivity index (χ2n) is 3.00. The van der Waals surface area contributed by atoms with Crippen LogP contribution in [0.1, 0.15) is 46.5 Å². The Balaban J connectivity index is 3.25. The Kier molecular flexibility index (Phi) is 8.86. The predicted molar refractivity (Wildman–Crippen MR) is 56.4 cm³/mol. The summed E-state index contributed by atoms with van der Waals surface area (Å²) in [5, 5.41) is 0. The van der Waals surface area contributed by atoms with Gasteiger partial charge in [0.15, 0.2) is 0 Å². The molecule has 0 bridgehead atoms. The lowest BCUT2D eigenvalue weighted by Gasteiger charge is -2.13. The molecule has 0 aromatic rings. The molecule has 0 aliphatic carbocycles. The lowest BCUT2D eigenvalue weighted by molar-refractivity contribution is 0.869. The van der Waals surface area contributed by atoms with Crippen LogP contribution in [0.2, 0.25) is 0 Å². The van der Waals surface area contributed by atoms with Crippen LogP contribution in [0.5, 0.6) is 0 Å². The normalized spacial score (nSPS) is 10.9. The molecule has 0 rings (SSSR count). The summed E-state index contributed by atoms with van der Waals surface area (Å²) in [4.78, 5) is 0. The summed E-state index contributed by atoms with van der Waals surface area (Å²) in [5.74, 6) is 0. The molecule has 0 aliphatic rings. The Morgan fingerprint density at radius 2 is 1.45 bits per heavy atom. The minimum atomic E-state index is 0.305. The highest BCUT2D eigenvalue weighted by Gasteiger charge is 2.02. The van der Waals surface area contributed by atoms with Gasteiger partial charge in [-0.1, -0.05) is 33.6 Å². The Morgan fingerprint density at radius 1 is 1.00 bits per heavy atom. The molecule has 0 atom stereocenters. The minimum Gasteiger partial charge on any atom is -0.103 e. The van der Waals surface area contributed by atoms with E-state index in [9.17, 15) is 0 Å². The second-order valence-corrected chi connectivity index (χ2v) is 5.59. The van der Waals surface area contributed by atoms with Gasteiger partial charge in [0.1, 0.15) is 0 Å². The van der Waals surface area contributed by atoms with Crippen LogP contribution < -0.4 is 0 Å². The maximum absolute atomic E-state index is 2.45. The number of unbranched alkanes of at least 4 members (excludes halogenated alkanes) is 2. The third kappa shape index (κ3) is 6.81. The molecule has 0 aromatic heterocycles. The molecule has 0 unspecified atom stereocenters. The highest BCUT2D eigenvalue weighted by Crippen LogP contribution is 2.40. The van der Waals surface area contributed by atoms with Gasteiger partial charge in [-0.05, 0) is 31.3 Å². The Labute approximate surface area is 73.5 Å². The standard InChI is InChI=1S/C10H22P/c1-4-7-9-11(6-3)10-8-5-2/h6H,4-5,7-10H2,1-3H3. The van der Waals surface area contributed by atoms with Crippen LogP contribution in [-0.2, 0) is 0 Å². The molecular weight excluding hydrogens is 151 g/mol. The largest absolute Gasteiger partial charge is 0.103 e. The maximum atomic E-state index is 2.45. The van der Waals surface area contributed by atoms with Gasteiger partial charge in [-0.15, -0.1) is 7.92 Å². The summed E-state index contributed by atoms with van der Waals surface area (Å²) < 4.78 is 0. The first-order valence-corrected chi connectivity index (χ1v) is 6.66. The fourth-order valence-electron chi connectivity index (χ4n) is 1.09. The number of hydrogen-bond donors (Lipinski definition) is 0. The molecule has 67 valence electrons. The second kappa shape index (κ2) is 8.53. The van der Waals surface area contributed by atoms with Crippen molar-refractivity contribution in [1.82, 2.24) is 0 Å². The van der Waals surface area contributed by atoms with Gasteiger partial charge in [0, 0.05) is 0 Å². The predicted octanol–water partition coefficient (Wildman–Crippen LogP) is 4.25. The van der Waals surface area contributed by atoms with Crippen molar-refractivity contribution in [2.45, 2.75) is 46.5 Å². The van der Waals surface area contributed by atoms with Gasteiger partial charge in [-0.2, -0.15) is 0 Å². The first-order valence-electron chi connectivity index (χ1n) is 4.88. The fraction of sp³-hybridized carbons (Fsp3) is 0.900. The van der Waals surface area contributed by atoms with Crippen molar-refractivity contribution < 1.29 is 0 Å². The SMILES string of the molecule is C[CH]P(CCCC)CCCC. The minimum absolute atomic E-state index is 0.305. The fourth-order valence-corrected chi connectivity index (χ4v) is 3.28. The van der Waals surface area contributed by atoms with Crippen LogP contribution in [0.25, 0.3) is 0 Å². The zero-order chi connectivity index (χ0) is 8.53. The average Bonchev–Trinajstić information content (AvgIpc) is 2.05. The van der Waals surface area contributed by atoms with E-state index >= 15 is 0 Å². The van der Waals surface area contributed by atoms with Crippen LogP contribution >= 0.6 is 7.92 Å². The molecule has 0 N–H and O–H groups in total. The van der Waals surface area contributed by atoms with Gasteiger partial charge in [0.2, 0.25) is 0 Å². The smallest absolute Gasteiger partial charge is 0.0173 e. The number of rotatable bonds is 7. The third-order valence-corrected chi connectivity index (χ3v) is 4.47. The van der Waals surface area contributed by atoms with E-state index in [1.54, 1.807) is 0 Å². The van der Waals surface area contributed by atoms with Gasteiger partial charge < -0.3 is 0 Å². The highest BCUT2D eigenvalue weighted by molar-refractivity contribution is 7.59. The summed E-state index contributed by atoms with van der Waals surface area (Å²) in [6, 6.07) is 0. The lowest BCUT2D eigenvalue weighted by atomic mass is 10.4. The molecule has 0 saturated carbocycles. The van der Waals surface area contributed by atoms with Crippen molar-refractivity contribution in [3.05, 3.63) is 6.16 Å². The molecule has 11 heavy (non-hydrogen) atoms. The summed E-state index contributed by atoms with van der Waals surface area (Å²) in [5.41, 5.74) is 0. The van der Waals surface area contributed by atoms with Gasteiger partial charge >= 0.3 is 0 Å². The van der Waals surface area contributed by atoms with Crippen molar-refractivity contribution in [3.63, 3.8) is 0 Å². The molecule has 1 heteroatoms. The molecule has 0 aliphatic heterocycles. The molecule has 0 spiro atoms.